The smallest absolute Gasteiger partial charge is 0.0561 e. The van der Waals surface area contributed by atoms with Crippen LogP contribution in [0.2, 0.25) is 5.02 Å². The Labute approximate surface area is 117 Å². The summed E-state index contributed by atoms with van der Waals surface area (Å²) in [6.45, 7) is 0. The molecule has 0 spiro atoms. The van der Waals surface area contributed by atoms with Crippen molar-refractivity contribution in [2.24, 2.45) is 5.92 Å². The van der Waals surface area contributed by atoms with Gasteiger partial charge in [-0.2, -0.15) is 0 Å². The lowest BCUT2D eigenvalue weighted by Crippen LogP contribution is -2.18. The Morgan fingerprint density at radius 2 is 2.06 bits per heavy atom. The molecule has 3 unspecified atom stereocenters. The van der Waals surface area contributed by atoms with E-state index in [1.165, 1.54) is 16.9 Å². The predicted molar refractivity (Wildman–Crippen MR) is 78.4 cm³/mol. The fourth-order valence-electron chi connectivity index (χ4n) is 2.73. The number of rotatable bonds is 4. The molecule has 1 saturated carbocycles. The Hall–Kier alpha value is -0.830. The average molecular weight is 278 g/mol. The van der Waals surface area contributed by atoms with Crippen molar-refractivity contribution in [1.82, 2.24) is 5.32 Å². The second kappa shape index (κ2) is 5.04. The first-order valence-electron chi connectivity index (χ1n) is 6.26. The molecule has 1 N–H and O–H groups in total. The third-order valence-electron chi connectivity index (χ3n) is 3.73. The minimum absolute atomic E-state index is 0.391. The van der Waals surface area contributed by atoms with E-state index >= 15 is 0 Å². The van der Waals surface area contributed by atoms with Crippen molar-refractivity contribution in [2.45, 2.75) is 18.4 Å². The highest BCUT2D eigenvalue weighted by Crippen LogP contribution is 2.55. The quantitative estimate of drug-likeness (QED) is 0.870. The first-order chi connectivity index (χ1) is 8.81. The fraction of sp³-hybridized carbons (Fsp3) is 0.333. The molecule has 1 nitrogen and oxygen atoms in total. The zero-order valence-electron chi connectivity index (χ0n) is 10.3. The van der Waals surface area contributed by atoms with Crippen LogP contribution in [-0.2, 0) is 0 Å². The third kappa shape index (κ3) is 2.20. The van der Waals surface area contributed by atoms with Crippen LogP contribution in [0, 0.1) is 5.92 Å². The van der Waals surface area contributed by atoms with Gasteiger partial charge in [0.2, 0.25) is 0 Å². The van der Waals surface area contributed by atoms with Crippen LogP contribution in [-0.4, -0.2) is 7.05 Å². The highest BCUT2D eigenvalue weighted by Gasteiger charge is 2.44. The van der Waals surface area contributed by atoms with Crippen molar-refractivity contribution >= 4 is 22.9 Å². The van der Waals surface area contributed by atoms with E-state index in [-0.39, 0.29) is 0 Å². The molecule has 0 saturated heterocycles. The van der Waals surface area contributed by atoms with E-state index in [9.17, 15) is 0 Å². The maximum Gasteiger partial charge on any atom is 0.0561 e. The molecule has 0 aliphatic heterocycles. The van der Waals surface area contributed by atoms with Crippen molar-refractivity contribution in [2.75, 3.05) is 7.05 Å². The lowest BCUT2D eigenvalue weighted by Gasteiger charge is -2.15. The summed E-state index contributed by atoms with van der Waals surface area (Å²) in [5.41, 5.74) is 1.45. The van der Waals surface area contributed by atoms with Crippen molar-refractivity contribution in [1.29, 1.82) is 0 Å². The summed E-state index contributed by atoms with van der Waals surface area (Å²) in [5.74, 6) is 1.36. The molecular weight excluding hydrogens is 262 g/mol. The normalized spacial score (nSPS) is 23.9. The summed E-state index contributed by atoms with van der Waals surface area (Å²) in [5, 5.41) is 6.41. The van der Waals surface area contributed by atoms with Gasteiger partial charge in [0, 0.05) is 10.9 Å². The molecule has 18 heavy (non-hydrogen) atoms. The molecule has 1 fully saturated rings. The summed E-state index contributed by atoms with van der Waals surface area (Å²) in [6.07, 6.45) is 1.25. The van der Waals surface area contributed by atoms with E-state index in [1.807, 2.05) is 13.1 Å². The first kappa shape index (κ1) is 12.2. The summed E-state index contributed by atoms with van der Waals surface area (Å²) in [4.78, 5) is 1.28. The van der Waals surface area contributed by atoms with Gasteiger partial charge in [0.05, 0.1) is 5.02 Å². The van der Waals surface area contributed by atoms with Gasteiger partial charge in [-0.15, -0.1) is 11.3 Å². The summed E-state index contributed by atoms with van der Waals surface area (Å²) in [7, 11) is 2.03. The van der Waals surface area contributed by atoms with Crippen LogP contribution in [0.3, 0.4) is 0 Å². The SMILES string of the molecule is CNC(c1sccc1Cl)C1CC1c1ccccc1. The second-order valence-corrected chi connectivity index (χ2v) is 6.17. The lowest BCUT2D eigenvalue weighted by atomic mass is 10.0. The summed E-state index contributed by atoms with van der Waals surface area (Å²) >= 11 is 8.00. The Morgan fingerprint density at radius 3 is 2.67 bits per heavy atom. The van der Waals surface area contributed by atoms with Gasteiger partial charge < -0.3 is 5.32 Å². The van der Waals surface area contributed by atoms with E-state index in [0.29, 0.717) is 17.9 Å². The van der Waals surface area contributed by atoms with Crippen LogP contribution < -0.4 is 5.32 Å². The molecule has 0 bridgehead atoms. The van der Waals surface area contributed by atoms with Gasteiger partial charge in [-0.05, 0) is 42.3 Å². The van der Waals surface area contributed by atoms with E-state index in [1.54, 1.807) is 11.3 Å². The van der Waals surface area contributed by atoms with Crippen molar-refractivity contribution in [3.63, 3.8) is 0 Å². The molecule has 94 valence electrons. The number of nitrogens with one attached hydrogen (secondary N) is 1. The number of hydrogen-bond acceptors (Lipinski definition) is 2. The lowest BCUT2D eigenvalue weighted by molar-refractivity contribution is 0.526. The molecule has 1 aliphatic rings. The summed E-state index contributed by atoms with van der Waals surface area (Å²) in [6, 6.07) is 13.2. The van der Waals surface area contributed by atoms with Crippen molar-refractivity contribution < 1.29 is 0 Å². The van der Waals surface area contributed by atoms with E-state index in [0.717, 1.165) is 5.02 Å². The highest BCUT2D eigenvalue weighted by atomic mass is 35.5. The molecule has 0 radical (unpaired) electrons. The molecule has 3 heteroatoms. The number of halogens is 1. The zero-order chi connectivity index (χ0) is 12.5. The van der Waals surface area contributed by atoms with Gasteiger partial charge in [0.25, 0.3) is 0 Å². The monoisotopic (exact) mass is 277 g/mol. The largest absolute Gasteiger partial charge is 0.312 e. The molecule has 3 atom stereocenters. The average Bonchev–Trinajstić information content (AvgIpc) is 3.08. The maximum absolute atomic E-state index is 6.25. The fourth-order valence-corrected chi connectivity index (χ4v) is 4.09. The minimum Gasteiger partial charge on any atom is -0.312 e. The molecule has 1 aromatic carbocycles. The second-order valence-electron chi connectivity index (χ2n) is 4.82. The molecule has 0 amide bonds. The molecule has 3 rings (SSSR count). The van der Waals surface area contributed by atoms with Gasteiger partial charge in [0.1, 0.15) is 0 Å². The van der Waals surface area contributed by atoms with E-state index in [4.69, 9.17) is 11.6 Å². The molecule has 1 heterocycles. The van der Waals surface area contributed by atoms with Gasteiger partial charge in [-0.1, -0.05) is 41.9 Å². The van der Waals surface area contributed by atoms with E-state index in [2.05, 4.69) is 41.0 Å². The molecule has 1 aromatic heterocycles. The Balaban J connectivity index is 1.79. The van der Waals surface area contributed by atoms with Crippen LogP contribution >= 0.6 is 22.9 Å². The van der Waals surface area contributed by atoms with Gasteiger partial charge in [0.15, 0.2) is 0 Å². The third-order valence-corrected chi connectivity index (χ3v) is 5.18. The van der Waals surface area contributed by atoms with Crippen molar-refractivity contribution in [3.8, 4) is 0 Å². The van der Waals surface area contributed by atoms with Crippen LogP contribution in [0.4, 0.5) is 0 Å². The van der Waals surface area contributed by atoms with Crippen LogP contribution in [0.5, 0.6) is 0 Å². The topological polar surface area (TPSA) is 12.0 Å². The summed E-state index contributed by atoms with van der Waals surface area (Å²) < 4.78 is 0. The van der Waals surface area contributed by atoms with Crippen LogP contribution in [0.1, 0.15) is 28.8 Å². The van der Waals surface area contributed by atoms with Crippen LogP contribution in [0.15, 0.2) is 41.8 Å². The Morgan fingerprint density at radius 1 is 1.28 bits per heavy atom. The standard InChI is InChI=1S/C15H16ClNS/c1-17-14(15-13(16)7-8-18-15)12-9-11(12)10-5-3-2-4-6-10/h2-8,11-12,14,17H,9H2,1H3. The molecule has 2 aromatic rings. The molecular formula is C15H16ClNS. The van der Waals surface area contributed by atoms with Gasteiger partial charge in [-0.25, -0.2) is 0 Å². The minimum atomic E-state index is 0.391. The van der Waals surface area contributed by atoms with E-state index < -0.39 is 0 Å². The molecule has 1 aliphatic carbocycles. The highest BCUT2D eigenvalue weighted by molar-refractivity contribution is 7.10. The number of thiophene rings is 1. The van der Waals surface area contributed by atoms with Gasteiger partial charge >= 0.3 is 0 Å². The number of benzene rings is 1. The number of hydrogen-bond donors (Lipinski definition) is 1. The van der Waals surface area contributed by atoms with Crippen molar-refractivity contribution in [3.05, 3.63) is 57.2 Å². The zero-order valence-corrected chi connectivity index (χ0v) is 11.8. The first-order valence-corrected chi connectivity index (χ1v) is 7.52. The maximum atomic E-state index is 6.25. The van der Waals surface area contributed by atoms with Crippen LogP contribution in [0.25, 0.3) is 0 Å². The Bertz CT molecular complexity index is 522. The predicted octanol–water partition coefficient (Wildman–Crippen LogP) is 4.47. The van der Waals surface area contributed by atoms with Gasteiger partial charge in [-0.3, -0.25) is 0 Å². The Kier molecular flexibility index (Phi) is 3.42.